The number of amides is 2. The minimum Gasteiger partial charge on any atom is -0.322 e. The number of nitrogens with zero attached hydrogens (tertiary/aromatic N) is 1. The molecule has 1 heterocycles. The predicted molar refractivity (Wildman–Crippen MR) is 97.7 cm³/mol. The fourth-order valence-electron chi connectivity index (χ4n) is 2.29. The topological polar surface area (TPSA) is 71.1 Å². The number of aromatic nitrogens is 1. The van der Waals surface area contributed by atoms with Crippen molar-refractivity contribution in [2.45, 2.75) is 6.92 Å². The summed E-state index contributed by atoms with van der Waals surface area (Å²) in [5.41, 5.74) is 2.08. The maximum Gasteiger partial charge on any atom is 0.274 e. The third-order valence-corrected chi connectivity index (χ3v) is 3.69. The van der Waals surface area contributed by atoms with Gasteiger partial charge >= 0.3 is 0 Å². The Morgan fingerprint density at radius 3 is 2.38 bits per heavy atom. The second-order valence-corrected chi connectivity index (χ2v) is 5.68. The molecule has 0 fully saturated rings. The first-order valence-corrected chi connectivity index (χ1v) is 7.93. The summed E-state index contributed by atoms with van der Waals surface area (Å²) in [7, 11) is 0. The number of benzene rings is 2. The number of pyridine rings is 1. The van der Waals surface area contributed by atoms with Gasteiger partial charge in [0.2, 0.25) is 0 Å². The van der Waals surface area contributed by atoms with E-state index >= 15 is 0 Å². The maximum absolute atomic E-state index is 13.6. The quantitative estimate of drug-likeness (QED) is 0.747. The number of hydrogen-bond acceptors (Lipinski definition) is 3. The molecule has 0 saturated carbocycles. The summed E-state index contributed by atoms with van der Waals surface area (Å²) in [6.45, 7) is 1.95. The van der Waals surface area contributed by atoms with Gasteiger partial charge < -0.3 is 10.6 Å². The van der Waals surface area contributed by atoms with Crippen molar-refractivity contribution in [2.24, 2.45) is 0 Å². The highest BCUT2D eigenvalue weighted by atomic mass is 19.1. The fourth-order valence-corrected chi connectivity index (χ4v) is 2.29. The lowest BCUT2D eigenvalue weighted by molar-refractivity contribution is 0.102. The third kappa shape index (κ3) is 4.10. The number of carbonyl (C=O) groups is 2. The lowest BCUT2D eigenvalue weighted by Crippen LogP contribution is -2.17. The van der Waals surface area contributed by atoms with Gasteiger partial charge in [0.05, 0.1) is 5.69 Å². The van der Waals surface area contributed by atoms with Crippen LogP contribution in [0.15, 0.2) is 66.9 Å². The van der Waals surface area contributed by atoms with Crippen molar-refractivity contribution in [1.29, 1.82) is 0 Å². The summed E-state index contributed by atoms with van der Waals surface area (Å²) in [5, 5.41) is 5.19. The van der Waals surface area contributed by atoms with Crippen LogP contribution in [-0.4, -0.2) is 16.8 Å². The van der Waals surface area contributed by atoms with E-state index in [0.717, 1.165) is 5.56 Å². The zero-order chi connectivity index (χ0) is 18.5. The predicted octanol–water partition coefficient (Wildman–Crippen LogP) is 4.03. The van der Waals surface area contributed by atoms with Crippen LogP contribution in [0, 0.1) is 12.7 Å². The summed E-state index contributed by atoms with van der Waals surface area (Å²) in [4.78, 5) is 28.6. The van der Waals surface area contributed by atoms with Gasteiger partial charge in [-0.3, -0.25) is 14.6 Å². The largest absolute Gasteiger partial charge is 0.322 e. The molecule has 2 aromatic carbocycles. The van der Waals surface area contributed by atoms with E-state index in [0.29, 0.717) is 5.69 Å². The third-order valence-electron chi connectivity index (χ3n) is 3.69. The number of halogens is 1. The second-order valence-electron chi connectivity index (χ2n) is 5.68. The molecular formula is C20H16FN3O2. The molecule has 2 N–H and O–H groups in total. The Hall–Kier alpha value is -3.54. The van der Waals surface area contributed by atoms with Crippen LogP contribution < -0.4 is 10.6 Å². The highest BCUT2D eigenvalue weighted by molar-refractivity contribution is 6.07. The summed E-state index contributed by atoms with van der Waals surface area (Å²) < 4.78 is 13.6. The van der Waals surface area contributed by atoms with Gasteiger partial charge in [-0.25, -0.2) is 4.39 Å². The zero-order valence-corrected chi connectivity index (χ0v) is 14.0. The van der Waals surface area contributed by atoms with Gasteiger partial charge in [-0.05, 0) is 43.3 Å². The van der Waals surface area contributed by atoms with Gasteiger partial charge in [-0.2, -0.15) is 0 Å². The maximum atomic E-state index is 13.6. The molecule has 3 rings (SSSR count). The van der Waals surface area contributed by atoms with Crippen molar-refractivity contribution in [1.82, 2.24) is 4.98 Å². The van der Waals surface area contributed by atoms with Gasteiger partial charge in [0.1, 0.15) is 11.5 Å². The van der Waals surface area contributed by atoms with E-state index in [1.54, 1.807) is 18.2 Å². The molecule has 0 saturated heterocycles. The van der Waals surface area contributed by atoms with Crippen LogP contribution in [0.3, 0.4) is 0 Å². The molecule has 0 unspecified atom stereocenters. The number of carbonyl (C=O) groups excluding carboxylic acids is 2. The summed E-state index contributed by atoms with van der Waals surface area (Å²) in [5.74, 6) is -1.51. The van der Waals surface area contributed by atoms with Gasteiger partial charge in [0, 0.05) is 17.4 Å². The molecule has 0 atom stereocenters. The molecule has 6 heteroatoms. The van der Waals surface area contributed by atoms with Crippen LogP contribution in [0.25, 0.3) is 0 Å². The molecule has 0 aliphatic heterocycles. The van der Waals surface area contributed by atoms with Crippen LogP contribution in [-0.2, 0) is 0 Å². The molecule has 3 aromatic rings. The lowest BCUT2D eigenvalue weighted by Gasteiger charge is -2.08. The van der Waals surface area contributed by atoms with Gasteiger partial charge in [0.15, 0.2) is 0 Å². The molecule has 5 nitrogen and oxygen atoms in total. The molecule has 0 spiro atoms. The summed E-state index contributed by atoms with van der Waals surface area (Å²) >= 11 is 0. The fraction of sp³-hybridized carbons (Fsp3) is 0.0500. The molecule has 0 radical (unpaired) electrons. The normalized spacial score (nSPS) is 10.2. The Bertz CT molecular complexity index is 955. The van der Waals surface area contributed by atoms with E-state index in [4.69, 9.17) is 0 Å². The van der Waals surface area contributed by atoms with E-state index in [2.05, 4.69) is 15.6 Å². The van der Waals surface area contributed by atoms with E-state index in [9.17, 15) is 14.0 Å². The molecule has 26 heavy (non-hydrogen) atoms. The number of rotatable bonds is 4. The Balaban J connectivity index is 1.75. The minimum atomic E-state index is -0.597. The average Bonchev–Trinajstić information content (AvgIpc) is 2.65. The van der Waals surface area contributed by atoms with E-state index in [-0.39, 0.29) is 22.9 Å². The molecule has 0 aliphatic carbocycles. The van der Waals surface area contributed by atoms with E-state index < -0.39 is 11.7 Å². The summed E-state index contributed by atoms with van der Waals surface area (Å²) in [6.07, 6.45) is 1.36. The average molecular weight is 349 g/mol. The lowest BCUT2D eigenvalue weighted by atomic mass is 10.2. The van der Waals surface area contributed by atoms with Crippen LogP contribution >= 0.6 is 0 Å². The van der Waals surface area contributed by atoms with Crippen molar-refractivity contribution in [3.05, 3.63) is 89.5 Å². The number of aryl methyl sites for hydroxylation is 1. The molecule has 130 valence electrons. The van der Waals surface area contributed by atoms with Crippen molar-refractivity contribution in [3.63, 3.8) is 0 Å². The number of nitrogens with one attached hydrogen (secondary N) is 2. The van der Waals surface area contributed by atoms with E-state index in [1.165, 1.54) is 36.5 Å². The highest BCUT2D eigenvalue weighted by Gasteiger charge is 2.13. The molecular weight excluding hydrogens is 333 g/mol. The number of anilines is 2. The molecule has 1 aromatic heterocycles. The highest BCUT2D eigenvalue weighted by Crippen LogP contribution is 2.15. The van der Waals surface area contributed by atoms with E-state index in [1.807, 2.05) is 19.1 Å². The number of hydrogen-bond donors (Lipinski definition) is 2. The Morgan fingerprint density at radius 1 is 0.923 bits per heavy atom. The Kier molecular flexibility index (Phi) is 5.03. The van der Waals surface area contributed by atoms with Gasteiger partial charge in [-0.15, -0.1) is 0 Å². The Morgan fingerprint density at radius 2 is 1.65 bits per heavy atom. The van der Waals surface area contributed by atoms with Crippen molar-refractivity contribution < 1.29 is 14.0 Å². The monoisotopic (exact) mass is 349 g/mol. The minimum absolute atomic E-state index is 0.0183. The number of para-hydroxylation sites is 1. The van der Waals surface area contributed by atoms with Crippen molar-refractivity contribution >= 4 is 23.2 Å². The van der Waals surface area contributed by atoms with Gasteiger partial charge in [-0.1, -0.05) is 29.8 Å². The smallest absolute Gasteiger partial charge is 0.274 e. The standard InChI is InChI=1S/C20H16FN3O2/c1-13-6-8-15(9-7-13)23-19(25)14-10-11-22-18(12-14)20(26)24-17-5-3-2-4-16(17)21/h2-12H,1H3,(H,23,25)(H,24,26). The molecule has 0 aliphatic rings. The van der Waals surface area contributed by atoms with Gasteiger partial charge in [0.25, 0.3) is 11.8 Å². The van der Waals surface area contributed by atoms with Crippen LogP contribution in [0.1, 0.15) is 26.4 Å². The SMILES string of the molecule is Cc1ccc(NC(=O)c2ccnc(C(=O)Nc3ccccc3F)c2)cc1. The first kappa shape index (κ1) is 17.3. The van der Waals surface area contributed by atoms with Crippen LogP contribution in [0.5, 0.6) is 0 Å². The van der Waals surface area contributed by atoms with Crippen molar-refractivity contribution in [3.8, 4) is 0 Å². The first-order valence-electron chi connectivity index (χ1n) is 7.93. The summed E-state index contributed by atoms with van der Waals surface area (Å²) in [6, 6.07) is 16.0. The van der Waals surface area contributed by atoms with Crippen LogP contribution in [0.4, 0.5) is 15.8 Å². The molecule has 0 bridgehead atoms. The Labute approximate surface area is 149 Å². The van der Waals surface area contributed by atoms with Crippen LogP contribution in [0.2, 0.25) is 0 Å². The van der Waals surface area contributed by atoms with Crippen molar-refractivity contribution in [2.75, 3.05) is 10.6 Å². The first-order chi connectivity index (χ1) is 12.5. The zero-order valence-electron chi connectivity index (χ0n) is 14.0. The second kappa shape index (κ2) is 7.57. The molecule has 2 amide bonds.